The maximum absolute atomic E-state index is 6.89. The Morgan fingerprint density at radius 2 is 1.00 bits per heavy atom. The quantitative estimate of drug-likeness (QED) is 0.175. The third-order valence-electron chi connectivity index (χ3n) is 13.0. The van der Waals surface area contributed by atoms with E-state index in [1.807, 2.05) is 12.1 Å². The van der Waals surface area contributed by atoms with Crippen LogP contribution in [0.2, 0.25) is 0 Å². The Bertz CT molecular complexity index is 3790. The van der Waals surface area contributed by atoms with Gasteiger partial charge in [0.15, 0.2) is 0 Å². The first kappa shape index (κ1) is 36.4. The van der Waals surface area contributed by atoms with Gasteiger partial charge in [-0.2, -0.15) is 0 Å². The molecule has 0 amide bonds. The molecule has 5 nitrogen and oxygen atoms in total. The molecule has 12 aromatic rings. The number of hydrogen-bond acceptors (Lipinski definition) is 5. The molecule has 2 unspecified atom stereocenters. The van der Waals surface area contributed by atoms with Crippen LogP contribution in [0.3, 0.4) is 0 Å². The summed E-state index contributed by atoms with van der Waals surface area (Å²) in [4.78, 5) is 5.35. The lowest BCUT2D eigenvalue weighted by Gasteiger charge is -2.32. The highest BCUT2D eigenvalue weighted by Crippen LogP contribution is 2.44. The molecule has 0 spiro atoms. The molecular formula is C59H39N3O2. The van der Waals surface area contributed by atoms with E-state index in [2.05, 4.69) is 211 Å². The predicted molar refractivity (Wildman–Crippen MR) is 263 cm³/mol. The molecule has 10 aromatic carbocycles. The molecule has 0 aliphatic carbocycles. The first-order valence-electron chi connectivity index (χ1n) is 21.8. The summed E-state index contributed by atoms with van der Waals surface area (Å²) in [5.74, 6) is 0.822. The van der Waals surface area contributed by atoms with Crippen molar-refractivity contribution >= 4 is 71.3 Å². The molecule has 0 radical (unpaired) electrons. The molecular weight excluding hydrogens is 783 g/mol. The van der Waals surface area contributed by atoms with Crippen LogP contribution in [0.5, 0.6) is 0 Å². The number of aliphatic imine (C=N–C) groups is 1. The minimum atomic E-state index is -0.377. The number of nitrogens with zero attached hydrogens (tertiary/aromatic N) is 1. The summed E-state index contributed by atoms with van der Waals surface area (Å²) in [6.07, 6.45) is -0.627. The molecule has 2 atom stereocenters. The second-order valence-corrected chi connectivity index (χ2v) is 16.7. The van der Waals surface area contributed by atoms with Gasteiger partial charge in [0, 0.05) is 38.2 Å². The second kappa shape index (κ2) is 14.7. The molecule has 5 heteroatoms. The van der Waals surface area contributed by atoms with Crippen molar-refractivity contribution < 1.29 is 8.83 Å². The Labute approximate surface area is 368 Å². The molecule has 0 saturated heterocycles. The van der Waals surface area contributed by atoms with E-state index in [4.69, 9.17) is 13.8 Å². The van der Waals surface area contributed by atoms with Crippen LogP contribution >= 0.6 is 0 Å². The fourth-order valence-corrected chi connectivity index (χ4v) is 9.72. The van der Waals surface area contributed by atoms with Crippen LogP contribution < -0.4 is 10.6 Å². The molecule has 13 rings (SSSR count). The molecule has 0 saturated carbocycles. The van der Waals surface area contributed by atoms with Crippen LogP contribution in [0.1, 0.15) is 29.0 Å². The van der Waals surface area contributed by atoms with Crippen LogP contribution in [-0.2, 0) is 0 Å². The zero-order chi connectivity index (χ0) is 42.1. The number of nitrogens with one attached hydrogen (secondary N) is 2. The Kier molecular flexibility index (Phi) is 8.36. The number of benzene rings is 10. The molecule has 2 N–H and O–H groups in total. The summed E-state index contributed by atoms with van der Waals surface area (Å²) in [6, 6.07) is 75.3. The molecule has 0 fully saturated rings. The fraction of sp³-hybridized carbons (Fsp3) is 0.0339. The lowest BCUT2D eigenvalue weighted by Crippen LogP contribution is -2.45. The molecule has 1 aliphatic rings. The standard InChI is InChI=1S/C59H39N3O2/c1-2-11-36(12-3-1)38-21-24-40(25-22-38)47-32-31-46(54-51-34-43-15-6-7-16-44(43)35-53(51)64-56(47)54)39-26-28-41(29-27-39)57-60-58(45-30-23-37-13-4-5-14-42(37)33-45)62-59(61-57)50-19-10-18-49-48-17-8-9-20-52(48)63-55(49)50/h1-35,57,59,61H,(H,60,62). The Morgan fingerprint density at radius 1 is 0.391 bits per heavy atom. The van der Waals surface area contributed by atoms with E-state index in [0.29, 0.717) is 0 Å². The first-order valence-corrected chi connectivity index (χ1v) is 21.8. The minimum absolute atomic E-state index is 0.250. The van der Waals surface area contributed by atoms with E-state index in [-0.39, 0.29) is 12.3 Å². The van der Waals surface area contributed by atoms with Gasteiger partial charge >= 0.3 is 0 Å². The number of fused-ring (bicyclic) bond motifs is 8. The Morgan fingerprint density at radius 3 is 1.83 bits per heavy atom. The zero-order valence-electron chi connectivity index (χ0n) is 34.6. The van der Waals surface area contributed by atoms with E-state index in [1.165, 1.54) is 27.3 Å². The molecule has 64 heavy (non-hydrogen) atoms. The van der Waals surface area contributed by atoms with Crippen molar-refractivity contribution in [3.8, 4) is 33.4 Å². The first-order chi connectivity index (χ1) is 31.7. The summed E-state index contributed by atoms with van der Waals surface area (Å²) in [6.45, 7) is 0. The van der Waals surface area contributed by atoms with Crippen LogP contribution in [0.4, 0.5) is 0 Å². The van der Waals surface area contributed by atoms with E-state index >= 15 is 0 Å². The van der Waals surface area contributed by atoms with Crippen molar-refractivity contribution in [1.29, 1.82) is 0 Å². The van der Waals surface area contributed by atoms with Crippen molar-refractivity contribution in [1.82, 2.24) is 10.6 Å². The number of amidine groups is 1. The van der Waals surface area contributed by atoms with Crippen LogP contribution in [-0.4, -0.2) is 5.84 Å². The monoisotopic (exact) mass is 821 g/mol. The van der Waals surface area contributed by atoms with Gasteiger partial charge in [-0.3, -0.25) is 5.32 Å². The summed E-state index contributed by atoms with van der Waals surface area (Å²) in [5.41, 5.74) is 13.4. The van der Waals surface area contributed by atoms with E-state index < -0.39 is 0 Å². The molecule has 2 aromatic heterocycles. The van der Waals surface area contributed by atoms with Gasteiger partial charge in [-0.05, 0) is 85.3 Å². The van der Waals surface area contributed by atoms with Crippen molar-refractivity contribution in [2.24, 2.45) is 4.99 Å². The molecule has 3 heterocycles. The molecule has 0 bridgehead atoms. The fourth-order valence-electron chi connectivity index (χ4n) is 9.72. The topological polar surface area (TPSA) is 62.7 Å². The van der Waals surface area contributed by atoms with Crippen molar-refractivity contribution in [3.63, 3.8) is 0 Å². The average molecular weight is 822 g/mol. The highest BCUT2D eigenvalue weighted by atomic mass is 16.3. The summed E-state index contributed by atoms with van der Waals surface area (Å²) >= 11 is 0. The third-order valence-corrected chi connectivity index (χ3v) is 13.0. The van der Waals surface area contributed by atoms with Gasteiger partial charge < -0.3 is 14.2 Å². The lowest BCUT2D eigenvalue weighted by atomic mass is 9.93. The highest BCUT2D eigenvalue weighted by Gasteiger charge is 2.28. The van der Waals surface area contributed by atoms with Crippen LogP contribution in [0.15, 0.2) is 226 Å². The maximum Gasteiger partial charge on any atom is 0.143 e. The largest absolute Gasteiger partial charge is 0.456 e. The number of rotatable bonds is 6. The van der Waals surface area contributed by atoms with Crippen LogP contribution in [0, 0.1) is 0 Å². The second-order valence-electron chi connectivity index (χ2n) is 16.7. The number of hydrogen-bond donors (Lipinski definition) is 2. The summed E-state index contributed by atoms with van der Waals surface area (Å²) < 4.78 is 13.4. The van der Waals surface area contributed by atoms with E-state index in [9.17, 15) is 0 Å². The van der Waals surface area contributed by atoms with Crippen molar-refractivity contribution in [2.45, 2.75) is 12.3 Å². The zero-order valence-corrected chi connectivity index (χ0v) is 34.6. The normalized spacial score (nSPS) is 15.3. The van der Waals surface area contributed by atoms with Gasteiger partial charge in [-0.1, -0.05) is 182 Å². The number of furan rings is 2. The van der Waals surface area contributed by atoms with Gasteiger partial charge in [-0.25, -0.2) is 4.99 Å². The SMILES string of the molecule is c1ccc(-c2ccc(-c3ccc(-c4ccc(C5NC(c6ccc7ccccc7c6)=NC(c6cccc7c6oc6ccccc67)N5)cc4)c4c3oc3cc5ccccc5cc34)cc2)cc1. The van der Waals surface area contributed by atoms with E-state index in [0.717, 1.165) is 94.0 Å². The third kappa shape index (κ3) is 6.09. The van der Waals surface area contributed by atoms with Gasteiger partial charge in [0.2, 0.25) is 0 Å². The lowest BCUT2D eigenvalue weighted by molar-refractivity contribution is 0.408. The van der Waals surface area contributed by atoms with E-state index in [1.54, 1.807) is 0 Å². The predicted octanol–water partition coefficient (Wildman–Crippen LogP) is 15.1. The summed E-state index contributed by atoms with van der Waals surface area (Å²) in [7, 11) is 0. The molecule has 1 aliphatic heterocycles. The van der Waals surface area contributed by atoms with Gasteiger partial charge in [0.1, 0.15) is 40.5 Å². The molecule has 302 valence electrons. The van der Waals surface area contributed by atoms with Gasteiger partial charge in [0.05, 0.1) is 0 Å². The van der Waals surface area contributed by atoms with Crippen molar-refractivity contribution in [3.05, 3.63) is 229 Å². The Balaban J connectivity index is 0.912. The summed E-state index contributed by atoms with van der Waals surface area (Å²) in [5, 5.41) is 16.7. The Hall–Kier alpha value is -8.25. The maximum atomic E-state index is 6.89. The average Bonchev–Trinajstić information content (AvgIpc) is 3.94. The van der Waals surface area contributed by atoms with Gasteiger partial charge in [-0.15, -0.1) is 0 Å². The minimum Gasteiger partial charge on any atom is -0.456 e. The van der Waals surface area contributed by atoms with Gasteiger partial charge in [0.25, 0.3) is 0 Å². The highest BCUT2D eigenvalue weighted by molar-refractivity contribution is 6.18. The smallest absolute Gasteiger partial charge is 0.143 e. The van der Waals surface area contributed by atoms with Crippen LogP contribution in [0.25, 0.3) is 98.8 Å². The van der Waals surface area contributed by atoms with Crippen molar-refractivity contribution in [2.75, 3.05) is 0 Å². The number of para-hydroxylation sites is 2.